The van der Waals surface area contributed by atoms with Crippen molar-refractivity contribution >= 4 is 5.97 Å². The number of epoxide rings is 1. The lowest BCUT2D eigenvalue weighted by atomic mass is 9.53. The lowest BCUT2D eigenvalue weighted by molar-refractivity contribution is -0.147. The normalized spacial score (nSPS) is 46.8. The molecule has 24 heavy (non-hydrogen) atoms. The Morgan fingerprint density at radius 2 is 2.12 bits per heavy atom. The fraction of sp³-hybridized carbons (Fsp3) is 0.947. The number of carbonyl (C=O) groups is 1. The van der Waals surface area contributed by atoms with E-state index in [1.54, 1.807) is 0 Å². The highest BCUT2D eigenvalue weighted by atomic mass is 16.6. The molecule has 5 heteroatoms. The minimum absolute atomic E-state index is 0.0235. The molecule has 0 amide bonds. The van der Waals surface area contributed by atoms with Gasteiger partial charge >= 0.3 is 5.97 Å². The van der Waals surface area contributed by atoms with E-state index < -0.39 is 0 Å². The van der Waals surface area contributed by atoms with E-state index in [0.29, 0.717) is 17.3 Å². The van der Waals surface area contributed by atoms with Crippen LogP contribution < -0.4 is 5.32 Å². The lowest BCUT2D eigenvalue weighted by Crippen LogP contribution is -2.51. The molecule has 0 bridgehead atoms. The minimum Gasteiger partial charge on any atom is -0.462 e. The highest BCUT2D eigenvalue weighted by Gasteiger charge is 2.64. The van der Waals surface area contributed by atoms with E-state index in [-0.39, 0.29) is 23.6 Å². The number of ether oxygens (including phenoxy) is 2. The van der Waals surface area contributed by atoms with E-state index in [0.717, 1.165) is 39.1 Å². The van der Waals surface area contributed by atoms with Gasteiger partial charge in [-0.25, -0.2) is 0 Å². The van der Waals surface area contributed by atoms with Crippen molar-refractivity contribution in [3.8, 4) is 0 Å². The summed E-state index contributed by atoms with van der Waals surface area (Å²) >= 11 is 0. The molecule has 0 aromatic rings. The average molecular weight is 336 g/mol. The summed E-state index contributed by atoms with van der Waals surface area (Å²) in [5, 5.41) is 3.47. The molecule has 0 radical (unpaired) electrons. The third-order valence-corrected chi connectivity index (χ3v) is 7.18. The molecule has 1 N–H and O–H groups in total. The predicted molar refractivity (Wildman–Crippen MR) is 91.6 cm³/mol. The van der Waals surface area contributed by atoms with Gasteiger partial charge in [-0.3, -0.25) is 4.79 Å². The van der Waals surface area contributed by atoms with Crippen LogP contribution in [0, 0.1) is 23.2 Å². The number of fused-ring (bicyclic) bond motifs is 3. The minimum atomic E-state index is 0.0235. The van der Waals surface area contributed by atoms with Gasteiger partial charge in [0.25, 0.3) is 0 Å². The van der Waals surface area contributed by atoms with E-state index >= 15 is 0 Å². The number of likely N-dealkylation sites (N-methyl/N-ethyl adjacent to an activating group) is 1. The van der Waals surface area contributed by atoms with Crippen LogP contribution in [0.25, 0.3) is 0 Å². The van der Waals surface area contributed by atoms with Gasteiger partial charge in [-0.2, -0.15) is 0 Å². The van der Waals surface area contributed by atoms with Crippen LogP contribution in [0.3, 0.4) is 0 Å². The summed E-state index contributed by atoms with van der Waals surface area (Å²) in [6, 6.07) is 0. The summed E-state index contributed by atoms with van der Waals surface area (Å²) in [5.74, 6) is 1.04. The summed E-state index contributed by atoms with van der Waals surface area (Å²) in [7, 11) is 4.14. The molecule has 5 nitrogen and oxygen atoms in total. The Hall–Kier alpha value is -0.650. The third-order valence-electron chi connectivity index (χ3n) is 7.18. The van der Waals surface area contributed by atoms with Crippen molar-refractivity contribution in [2.24, 2.45) is 23.2 Å². The number of nitrogens with zero attached hydrogens (tertiary/aromatic N) is 1. The van der Waals surface area contributed by atoms with E-state index in [9.17, 15) is 4.79 Å². The smallest absolute Gasteiger partial charge is 0.310 e. The zero-order valence-electron chi connectivity index (χ0n) is 15.3. The van der Waals surface area contributed by atoms with E-state index in [1.165, 1.54) is 19.3 Å². The molecule has 2 aliphatic heterocycles. The van der Waals surface area contributed by atoms with Crippen LogP contribution in [0.2, 0.25) is 0 Å². The van der Waals surface area contributed by atoms with Crippen LogP contribution in [0.1, 0.15) is 39.0 Å². The molecule has 2 aliphatic carbocycles. The quantitative estimate of drug-likeness (QED) is 0.470. The Balaban J connectivity index is 1.43. The maximum atomic E-state index is 12.5. The van der Waals surface area contributed by atoms with E-state index in [2.05, 4.69) is 31.2 Å². The third kappa shape index (κ3) is 2.78. The second-order valence-corrected chi connectivity index (χ2v) is 9.11. The fourth-order valence-corrected chi connectivity index (χ4v) is 5.75. The number of hydrogen-bond acceptors (Lipinski definition) is 5. The van der Waals surface area contributed by atoms with Gasteiger partial charge < -0.3 is 19.7 Å². The number of esters is 1. The molecule has 0 aromatic carbocycles. The molecule has 1 spiro atoms. The van der Waals surface area contributed by atoms with Crippen molar-refractivity contribution in [2.75, 3.05) is 40.3 Å². The van der Waals surface area contributed by atoms with Gasteiger partial charge in [0.15, 0.2) is 0 Å². The second kappa shape index (κ2) is 5.96. The highest BCUT2D eigenvalue weighted by molar-refractivity contribution is 5.75. The van der Waals surface area contributed by atoms with Crippen molar-refractivity contribution in [1.82, 2.24) is 10.2 Å². The molecule has 2 heterocycles. The average Bonchev–Trinajstić information content (AvgIpc) is 3.20. The van der Waals surface area contributed by atoms with Crippen molar-refractivity contribution in [3.63, 3.8) is 0 Å². The van der Waals surface area contributed by atoms with Gasteiger partial charge in [-0.1, -0.05) is 6.92 Å². The Labute approximate surface area is 145 Å². The van der Waals surface area contributed by atoms with E-state index in [4.69, 9.17) is 9.47 Å². The maximum Gasteiger partial charge on any atom is 0.310 e. The fourth-order valence-electron chi connectivity index (χ4n) is 5.75. The summed E-state index contributed by atoms with van der Waals surface area (Å²) in [5.41, 5.74) is 0.440. The first-order chi connectivity index (χ1) is 11.4. The Morgan fingerprint density at radius 1 is 1.33 bits per heavy atom. The Kier molecular flexibility index (Phi) is 4.17. The maximum absolute atomic E-state index is 12.5. The topological polar surface area (TPSA) is 54.1 Å². The largest absolute Gasteiger partial charge is 0.462 e. The Bertz CT molecular complexity index is 505. The molecule has 4 rings (SSSR count). The zero-order chi connectivity index (χ0) is 16.9. The number of hydrogen-bond donors (Lipinski definition) is 1. The van der Waals surface area contributed by atoms with Crippen LogP contribution >= 0.6 is 0 Å². The van der Waals surface area contributed by atoms with Gasteiger partial charge in [0, 0.05) is 25.6 Å². The predicted octanol–water partition coefficient (Wildman–Crippen LogP) is 1.66. The first-order valence-corrected chi connectivity index (χ1v) is 9.63. The highest BCUT2D eigenvalue weighted by Crippen LogP contribution is 2.62. The van der Waals surface area contributed by atoms with Crippen molar-refractivity contribution in [3.05, 3.63) is 0 Å². The summed E-state index contributed by atoms with van der Waals surface area (Å²) in [6.07, 6.45) is 6.00. The van der Waals surface area contributed by atoms with Gasteiger partial charge in [0.2, 0.25) is 0 Å². The second-order valence-electron chi connectivity index (χ2n) is 9.11. The molecule has 6 atom stereocenters. The van der Waals surface area contributed by atoms with Crippen molar-refractivity contribution in [1.29, 1.82) is 0 Å². The molecular formula is C19H32N2O3. The molecule has 2 saturated heterocycles. The van der Waals surface area contributed by atoms with Crippen LogP contribution in [-0.2, 0) is 14.3 Å². The molecule has 0 unspecified atom stereocenters. The first-order valence-electron chi connectivity index (χ1n) is 9.63. The van der Waals surface area contributed by atoms with Crippen LogP contribution in [0.15, 0.2) is 0 Å². The van der Waals surface area contributed by atoms with Crippen molar-refractivity contribution in [2.45, 2.75) is 50.7 Å². The van der Waals surface area contributed by atoms with Crippen LogP contribution in [0.4, 0.5) is 0 Å². The first kappa shape index (κ1) is 16.8. The van der Waals surface area contributed by atoms with E-state index in [1.807, 2.05) is 0 Å². The SMILES string of the molecule is CN(C)CCNC[C@H]1C(=O)O[C@@H]2C[C@@]3(C)CCC[C@]4(CO4)[C@@H]3C[C@@H]21. The summed E-state index contributed by atoms with van der Waals surface area (Å²) in [6.45, 7) is 6.01. The lowest BCUT2D eigenvalue weighted by Gasteiger charge is -2.51. The van der Waals surface area contributed by atoms with Crippen molar-refractivity contribution < 1.29 is 14.3 Å². The number of rotatable bonds is 5. The van der Waals surface area contributed by atoms with Crippen LogP contribution in [-0.4, -0.2) is 62.9 Å². The van der Waals surface area contributed by atoms with Gasteiger partial charge in [0.1, 0.15) is 6.10 Å². The molecular weight excluding hydrogens is 304 g/mol. The molecule has 136 valence electrons. The van der Waals surface area contributed by atoms with Gasteiger partial charge in [-0.15, -0.1) is 0 Å². The number of nitrogens with one attached hydrogen (secondary N) is 1. The summed E-state index contributed by atoms with van der Waals surface area (Å²) < 4.78 is 11.8. The number of carbonyl (C=O) groups excluding carboxylic acids is 1. The molecule has 4 fully saturated rings. The van der Waals surface area contributed by atoms with Crippen LogP contribution in [0.5, 0.6) is 0 Å². The van der Waals surface area contributed by atoms with Gasteiger partial charge in [-0.05, 0) is 57.5 Å². The zero-order valence-corrected chi connectivity index (χ0v) is 15.3. The molecule has 4 aliphatic rings. The monoisotopic (exact) mass is 336 g/mol. The standard InChI is InChI=1S/C19H32N2O3/c1-18-5-4-6-19(12-23-19)16(18)9-13-14(11-20-7-8-21(2)3)17(22)24-15(13)10-18/h13-16,20H,4-12H2,1-3H3/t13-,14-,15-,16-,18-,19+/m1/s1. The molecule has 0 aromatic heterocycles. The Morgan fingerprint density at radius 3 is 2.83 bits per heavy atom. The molecule has 2 saturated carbocycles. The van der Waals surface area contributed by atoms with Gasteiger partial charge in [0.05, 0.1) is 18.1 Å². The summed E-state index contributed by atoms with van der Waals surface area (Å²) in [4.78, 5) is 14.6.